The van der Waals surface area contributed by atoms with Gasteiger partial charge in [0.2, 0.25) is 0 Å². The van der Waals surface area contributed by atoms with Crippen molar-refractivity contribution in [3.05, 3.63) is 35.1 Å². The standard InChI is InChI=1S/C27H36N2O6/c1-26(2,3)35-24(30)28-13-14-29(4)25(31)33-20-11-9-18-16-7-6-12-27(18)21-17(15-16)8-10-19(32-5)22(21)34-23(20)27/h8,10-11,16,18,23H,6-7,9,12-15H2,1-5H3,(H,28,30)/t16-,18?,23?,27+/m1/s1. The van der Waals surface area contributed by atoms with E-state index >= 15 is 0 Å². The van der Waals surface area contributed by atoms with Gasteiger partial charge in [-0.05, 0) is 76.0 Å². The smallest absolute Gasteiger partial charge is 0.414 e. The molecule has 3 aliphatic carbocycles. The minimum absolute atomic E-state index is 0.165. The minimum Gasteiger partial charge on any atom is -0.493 e. The molecule has 2 unspecified atom stereocenters. The first-order chi connectivity index (χ1) is 16.6. The van der Waals surface area contributed by atoms with Crippen LogP contribution in [0.3, 0.4) is 0 Å². The Labute approximate surface area is 206 Å². The van der Waals surface area contributed by atoms with Crippen LogP contribution >= 0.6 is 0 Å². The number of likely N-dealkylation sites (N-methyl/N-ethyl adjacent to an activating group) is 1. The van der Waals surface area contributed by atoms with E-state index in [1.165, 1.54) is 22.4 Å². The monoisotopic (exact) mass is 484 g/mol. The van der Waals surface area contributed by atoms with E-state index in [1.807, 2.05) is 6.07 Å². The lowest BCUT2D eigenvalue weighted by Crippen LogP contribution is -2.55. The Bertz CT molecular complexity index is 1060. The SMILES string of the molecule is COc1ccc2c3c1OC1C(OC(=O)N(C)CCNC(=O)OC(C)(C)C)=CCC4[C@H](CCC[C@]314)C2. The lowest BCUT2D eigenvalue weighted by molar-refractivity contribution is 0.00260. The van der Waals surface area contributed by atoms with Crippen LogP contribution in [0.5, 0.6) is 11.5 Å². The van der Waals surface area contributed by atoms with Gasteiger partial charge in [0.05, 0.1) is 7.11 Å². The maximum atomic E-state index is 13.0. The molecule has 8 heteroatoms. The highest BCUT2D eigenvalue weighted by Gasteiger charge is 2.63. The summed E-state index contributed by atoms with van der Waals surface area (Å²) in [5, 5.41) is 2.67. The number of allylic oxidation sites excluding steroid dienone is 1. The van der Waals surface area contributed by atoms with Gasteiger partial charge in [0, 0.05) is 31.1 Å². The predicted molar refractivity (Wildman–Crippen MR) is 130 cm³/mol. The number of alkyl carbamates (subject to hydrolysis) is 1. The molecule has 8 nitrogen and oxygen atoms in total. The van der Waals surface area contributed by atoms with E-state index in [4.69, 9.17) is 18.9 Å². The molecule has 4 aliphatic rings. The van der Waals surface area contributed by atoms with Gasteiger partial charge in [-0.2, -0.15) is 0 Å². The summed E-state index contributed by atoms with van der Waals surface area (Å²) >= 11 is 0. The molecule has 0 aromatic heterocycles. The van der Waals surface area contributed by atoms with Crippen LogP contribution in [-0.4, -0.2) is 56.0 Å². The summed E-state index contributed by atoms with van der Waals surface area (Å²) in [6.07, 6.45) is 6.11. The summed E-state index contributed by atoms with van der Waals surface area (Å²) in [6, 6.07) is 4.19. The molecule has 1 fully saturated rings. The van der Waals surface area contributed by atoms with Gasteiger partial charge in [-0.1, -0.05) is 12.5 Å². The van der Waals surface area contributed by atoms with Crippen LogP contribution < -0.4 is 14.8 Å². The Balaban J connectivity index is 1.31. The van der Waals surface area contributed by atoms with Crippen molar-refractivity contribution >= 4 is 12.2 Å². The largest absolute Gasteiger partial charge is 0.493 e. The lowest BCUT2D eigenvalue weighted by atomic mass is 9.49. The Morgan fingerprint density at radius 1 is 1.29 bits per heavy atom. The third kappa shape index (κ3) is 4.00. The van der Waals surface area contributed by atoms with Crippen molar-refractivity contribution in [1.29, 1.82) is 0 Å². The molecule has 1 aliphatic heterocycles. The normalized spacial score (nSPS) is 27.7. The molecule has 1 N–H and O–H groups in total. The summed E-state index contributed by atoms with van der Waals surface area (Å²) in [5.41, 5.74) is 1.89. The average Bonchev–Trinajstić information content (AvgIpc) is 3.13. The number of hydrogen-bond acceptors (Lipinski definition) is 6. The first kappa shape index (κ1) is 23.8. The second-order valence-corrected chi connectivity index (χ2v) is 11.2. The topological polar surface area (TPSA) is 86.3 Å². The number of benzene rings is 1. The van der Waals surface area contributed by atoms with Crippen LogP contribution in [0.15, 0.2) is 24.0 Å². The number of nitrogens with zero attached hydrogens (tertiary/aromatic N) is 1. The van der Waals surface area contributed by atoms with Gasteiger partial charge in [-0.3, -0.25) is 0 Å². The average molecular weight is 485 g/mol. The molecule has 1 aromatic rings. The Morgan fingerprint density at radius 3 is 2.83 bits per heavy atom. The van der Waals surface area contributed by atoms with Crippen molar-refractivity contribution in [3.8, 4) is 11.5 Å². The fourth-order valence-electron chi connectivity index (χ4n) is 6.61. The van der Waals surface area contributed by atoms with Crippen molar-refractivity contribution in [2.24, 2.45) is 11.8 Å². The molecule has 1 heterocycles. The molecule has 5 rings (SSSR count). The molecule has 2 bridgehead atoms. The van der Waals surface area contributed by atoms with Crippen LogP contribution in [-0.2, 0) is 21.3 Å². The fourth-order valence-corrected chi connectivity index (χ4v) is 6.61. The van der Waals surface area contributed by atoms with Gasteiger partial charge in [-0.15, -0.1) is 0 Å². The summed E-state index contributed by atoms with van der Waals surface area (Å²) < 4.78 is 23.4. The molecule has 4 atom stereocenters. The van der Waals surface area contributed by atoms with Crippen molar-refractivity contribution in [3.63, 3.8) is 0 Å². The van der Waals surface area contributed by atoms with Crippen LogP contribution in [0.1, 0.15) is 57.6 Å². The third-order valence-electron chi connectivity index (χ3n) is 7.94. The van der Waals surface area contributed by atoms with Crippen LogP contribution in [0.4, 0.5) is 9.59 Å². The second-order valence-electron chi connectivity index (χ2n) is 11.2. The van der Waals surface area contributed by atoms with Crippen LogP contribution in [0, 0.1) is 11.8 Å². The zero-order valence-corrected chi connectivity index (χ0v) is 21.3. The van der Waals surface area contributed by atoms with E-state index in [0.29, 0.717) is 24.1 Å². The molecular formula is C27H36N2O6. The molecule has 0 radical (unpaired) electrons. The number of methoxy groups -OCH3 is 1. The van der Waals surface area contributed by atoms with Gasteiger partial charge in [0.25, 0.3) is 0 Å². The van der Waals surface area contributed by atoms with Crippen LogP contribution in [0.25, 0.3) is 0 Å². The molecule has 1 saturated carbocycles. The van der Waals surface area contributed by atoms with Gasteiger partial charge in [0.15, 0.2) is 17.6 Å². The second kappa shape index (κ2) is 8.64. The zero-order valence-electron chi connectivity index (χ0n) is 21.3. The highest BCUT2D eigenvalue weighted by atomic mass is 16.6. The third-order valence-corrected chi connectivity index (χ3v) is 7.94. The maximum absolute atomic E-state index is 13.0. The quantitative estimate of drug-likeness (QED) is 0.660. The first-order valence-electron chi connectivity index (χ1n) is 12.6. The Kier molecular flexibility index (Phi) is 5.88. The van der Waals surface area contributed by atoms with E-state index in [-0.39, 0.29) is 18.1 Å². The Morgan fingerprint density at radius 2 is 2.09 bits per heavy atom. The number of amides is 2. The van der Waals surface area contributed by atoms with Crippen molar-refractivity contribution in [2.75, 3.05) is 27.2 Å². The van der Waals surface area contributed by atoms with Gasteiger partial charge in [-0.25, -0.2) is 9.59 Å². The number of carbonyl (C=O) groups excluding carboxylic acids is 2. The number of ether oxygens (including phenoxy) is 4. The highest BCUT2D eigenvalue weighted by Crippen LogP contribution is 2.65. The molecule has 190 valence electrons. The van der Waals surface area contributed by atoms with E-state index in [0.717, 1.165) is 37.2 Å². The molecule has 2 amide bonds. The minimum atomic E-state index is -0.571. The zero-order chi connectivity index (χ0) is 25.0. The fraction of sp³-hybridized carbons (Fsp3) is 0.630. The van der Waals surface area contributed by atoms with Crippen LogP contribution in [0.2, 0.25) is 0 Å². The highest BCUT2D eigenvalue weighted by molar-refractivity contribution is 5.70. The molecular weight excluding hydrogens is 448 g/mol. The molecule has 1 aromatic carbocycles. The predicted octanol–water partition coefficient (Wildman–Crippen LogP) is 4.55. The number of carbonyl (C=O) groups is 2. The molecule has 0 saturated heterocycles. The summed E-state index contributed by atoms with van der Waals surface area (Å²) in [7, 11) is 3.33. The van der Waals surface area contributed by atoms with E-state index < -0.39 is 17.8 Å². The maximum Gasteiger partial charge on any atom is 0.414 e. The summed E-state index contributed by atoms with van der Waals surface area (Å²) in [6.45, 7) is 5.98. The number of nitrogens with one attached hydrogen (secondary N) is 1. The lowest BCUT2D eigenvalue weighted by Gasteiger charge is -2.53. The molecule has 1 spiro atoms. The summed E-state index contributed by atoms with van der Waals surface area (Å²) in [4.78, 5) is 26.3. The van der Waals surface area contributed by atoms with Crippen molar-refractivity contribution in [2.45, 2.75) is 70.0 Å². The Hall–Kier alpha value is -2.90. The van der Waals surface area contributed by atoms with E-state index in [1.54, 1.807) is 34.9 Å². The van der Waals surface area contributed by atoms with Gasteiger partial charge in [0.1, 0.15) is 11.4 Å². The molecule has 35 heavy (non-hydrogen) atoms. The number of hydrogen-bond donors (Lipinski definition) is 1. The van der Waals surface area contributed by atoms with Gasteiger partial charge < -0.3 is 29.2 Å². The van der Waals surface area contributed by atoms with Crippen molar-refractivity contribution < 1.29 is 28.5 Å². The summed E-state index contributed by atoms with van der Waals surface area (Å²) in [5.74, 6) is 3.26. The number of rotatable bonds is 5. The van der Waals surface area contributed by atoms with Crippen molar-refractivity contribution in [1.82, 2.24) is 10.2 Å². The van der Waals surface area contributed by atoms with Gasteiger partial charge >= 0.3 is 12.2 Å². The van der Waals surface area contributed by atoms with E-state index in [2.05, 4.69) is 17.5 Å². The first-order valence-corrected chi connectivity index (χ1v) is 12.6. The van der Waals surface area contributed by atoms with E-state index in [9.17, 15) is 9.59 Å².